The summed E-state index contributed by atoms with van der Waals surface area (Å²) in [5.74, 6) is 1.59. The van der Waals surface area contributed by atoms with Gasteiger partial charge in [0.1, 0.15) is 0 Å². The van der Waals surface area contributed by atoms with Gasteiger partial charge in [-0.05, 0) is 23.2 Å². The Morgan fingerprint density at radius 2 is 1.57 bits per heavy atom. The summed E-state index contributed by atoms with van der Waals surface area (Å²) in [5.41, 5.74) is 10.7. The van der Waals surface area contributed by atoms with E-state index >= 15 is 0 Å². The lowest BCUT2D eigenvalue weighted by atomic mass is 10.0. The van der Waals surface area contributed by atoms with Crippen LogP contribution >= 0.6 is 0 Å². The Hall–Kier alpha value is -2.85. The van der Waals surface area contributed by atoms with Crippen molar-refractivity contribution in [2.75, 3.05) is 21.3 Å². The van der Waals surface area contributed by atoms with Crippen LogP contribution in [0.3, 0.4) is 0 Å². The maximum absolute atomic E-state index is 8.68. The second-order valence-electron chi connectivity index (χ2n) is 4.09. The Labute approximate surface area is 122 Å². The molecule has 0 unspecified atom stereocenters. The van der Waals surface area contributed by atoms with Gasteiger partial charge in [-0.1, -0.05) is 29.4 Å². The number of rotatable bonds is 5. The summed E-state index contributed by atoms with van der Waals surface area (Å²) in [7, 11) is 4.66. The first-order chi connectivity index (χ1) is 10.3. The summed E-state index contributed by atoms with van der Waals surface area (Å²) in [4.78, 5) is 2.85. The van der Waals surface area contributed by atoms with E-state index in [2.05, 4.69) is 10.0 Å². The van der Waals surface area contributed by atoms with Gasteiger partial charge in [0.25, 0.3) is 0 Å². The van der Waals surface area contributed by atoms with Gasteiger partial charge < -0.3 is 14.2 Å². The largest absolute Gasteiger partial charge is 0.493 e. The van der Waals surface area contributed by atoms with E-state index in [0.717, 1.165) is 11.1 Å². The highest BCUT2D eigenvalue weighted by atomic mass is 16.5. The molecule has 6 nitrogen and oxygen atoms in total. The van der Waals surface area contributed by atoms with Crippen molar-refractivity contribution in [3.63, 3.8) is 0 Å². The first kappa shape index (κ1) is 14.6. The molecule has 0 saturated carbocycles. The molecule has 0 amide bonds. The van der Waals surface area contributed by atoms with Crippen LogP contribution in [0.15, 0.2) is 41.5 Å². The third kappa shape index (κ3) is 2.70. The maximum Gasteiger partial charge on any atom is 0.203 e. The van der Waals surface area contributed by atoms with Gasteiger partial charge >= 0.3 is 0 Å². The van der Waals surface area contributed by atoms with Crippen LogP contribution < -0.4 is 14.2 Å². The molecule has 0 saturated heterocycles. The second kappa shape index (κ2) is 6.54. The highest BCUT2D eigenvalue weighted by Gasteiger charge is 2.18. The topological polar surface area (TPSA) is 76.5 Å². The number of methoxy groups -OCH3 is 3. The van der Waals surface area contributed by atoms with Crippen LogP contribution in [0.2, 0.25) is 0 Å². The summed E-state index contributed by atoms with van der Waals surface area (Å²) < 4.78 is 16.1. The SMILES string of the molecule is COc1ccc(-c2ccccc2N=[N+]=[N-])c(OC)c1OC. The molecule has 0 aliphatic heterocycles. The minimum atomic E-state index is 0.494. The third-order valence-corrected chi connectivity index (χ3v) is 3.05. The van der Waals surface area contributed by atoms with Crippen LogP contribution in [-0.2, 0) is 0 Å². The Morgan fingerprint density at radius 1 is 0.857 bits per heavy atom. The van der Waals surface area contributed by atoms with E-state index < -0.39 is 0 Å². The van der Waals surface area contributed by atoms with Gasteiger partial charge in [-0.3, -0.25) is 0 Å². The first-order valence-electron chi connectivity index (χ1n) is 6.20. The molecule has 21 heavy (non-hydrogen) atoms. The molecule has 2 rings (SSSR count). The van der Waals surface area contributed by atoms with Crippen molar-refractivity contribution in [3.05, 3.63) is 46.8 Å². The molecule has 0 spiro atoms. The summed E-state index contributed by atoms with van der Waals surface area (Å²) in [6.07, 6.45) is 0. The average Bonchev–Trinajstić information content (AvgIpc) is 2.54. The predicted octanol–water partition coefficient (Wildman–Crippen LogP) is 4.32. The number of hydrogen-bond donors (Lipinski definition) is 0. The van der Waals surface area contributed by atoms with Crippen molar-refractivity contribution in [2.45, 2.75) is 0 Å². The first-order valence-corrected chi connectivity index (χ1v) is 6.20. The molecule has 6 heteroatoms. The van der Waals surface area contributed by atoms with Crippen molar-refractivity contribution in [2.24, 2.45) is 5.11 Å². The number of azide groups is 1. The number of nitrogens with zero attached hydrogens (tertiary/aromatic N) is 3. The Balaban J connectivity index is 2.73. The van der Waals surface area contributed by atoms with Gasteiger partial charge in [0.2, 0.25) is 5.75 Å². The van der Waals surface area contributed by atoms with Crippen molar-refractivity contribution in [3.8, 4) is 28.4 Å². The molecule has 0 aliphatic carbocycles. The molecule has 0 radical (unpaired) electrons. The van der Waals surface area contributed by atoms with Crippen molar-refractivity contribution >= 4 is 5.69 Å². The lowest BCUT2D eigenvalue weighted by Crippen LogP contribution is -1.96. The molecule has 2 aromatic rings. The van der Waals surface area contributed by atoms with E-state index in [1.54, 1.807) is 39.5 Å². The minimum Gasteiger partial charge on any atom is -0.493 e. The van der Waals surface area contributed by atoms with Crippen LogP contribution in [0.1, 0.15) is 0 Å². The molecule has 0 N–H and O–H groups in total. The lowest BCUT2D eigenvalue weighted by molar-refractivity contribution is 0.325. The minimum absolute atomic E-state index is 0.494. The van der Waals surface area contributed by atoms with Gasteiger partial charge in [-0.25, -0.2) is 0 Å². The summed E-state index contributed by atoms with van der Waals surface area (Å²) in [6, 6.07) is 10.9. The summed E-state index contributed by atoms with van der Waals surface area (Å²) in [5, 5.41) is 3.71. The van der Waals surface area contributed by atoms with Crippen LogP contribution in [0.25, 0.3) is 21.6 Å². The zero-order valence-corrected chi connectivity index (χ0v) is 12.0. The number of ether oxygens (including phenoxy) is 3. The number of benzene rings is 2. The number of hydrogen-bond acceptors (Lipinski definition) is 4. The third-order valence-electron chi connectivity index (χ3n) is 3.05. The standard InChI is InChI=1S/C15H15N3O3/c1-19-13-9-8-11(14(20-2)15(13)21-3)10-6-4-5-7-12(10)17-18-16/h4-9H,1-3H3. The molecular weight excluding hydrogens is 270 g/mol. The zero-order valence-electron chi connectivity index (χ0n) is 12.0. The zero-order chi connectivity index (χ0) is 15.2. The van der Waals surface area contributed by atoms with E-state index in [1.165, 1.54) is 0 Å². The van der Waals surface area contributed by atoms with Gasteiger partial charge in [-0.2, -0.15) is 0 Å². The van der Waals surface area contributed by atoms with Crippen LogP contribution in [0.4, 0.5) is 5.69 Å². The molecule has 0 aliphatic rings. The van der Waals surface area contributed by atoms with Crippen LogP contribution in [0, 0.1) is 0 Å². The molecule has 0 fully saturated rings. The normalized spacial score (nSPS) is 9.67. The van der Waals surface area contributed by atoms with Crippen molar-refractivity contribution < 1.29 is 14.2 Å². The van der Waals surface area contributed by atoms with E-state index in [4.69, 9.17) is 19.7 Å². The maximum atomic E-state index is 8.68. The van der Waals surface area contributed by atoms with Crippen molar-refractivity contribution in [1.82, 2.24) is 0 Å². The smallest absolute Gasteiger partial charge is 0.203 e. The predicted molar refractivity (Wildman–Crippen MR) is 80.3 cm³/mol. The molecule has 0 aromatic heterocycles. The summed E-state index contributed by atoms with van der Waals surface area (Å²) >= 11 is 0. The van der Waals surface area contributed by atoms with Gasteiger partial charge in [0, 0.05) is 16.2 Å². The second-order valence-corrected chi connectivity index (χ2v) is 4.09. The Morgan fingerprint density at radius 3 is 2.19 bits per heavy atom. The molecule has 0 heterocycles. The molecule has 0 bridgehead atoms. The molecule has 0 atom stereocenters. The van der Waals surface area contributed by atoms with Gasteiger partial charge in [0.15, 0.2) is 11.5 Å². The van der Waals surface area contributed by atoms with Crippen LogP contribution in [-0.4, -0.2) is 21.3 Å². The Bertz CT molecular complexity index is 695. The van der Waals surface area contributed by atoms with Crippen molar-refractivity contribution in [1.29, 1.82) is 0 Å². The molecule has 2 aromatic carbocycles. The fourth-order valence-electron chi connectivity index (χ4n) is 2.15. The van der Waals surface area contributed by atoms with E-state index in [9.17, 15) is 0 Å². The highest BCUT2D eigenvalue weighted by molar-refractivity contribution is 5.83. The lowest BCUT2D eigenvalue weighted by Gasteiger charge is -2.16. The summed E-state index contributed by atoms with van der Waals surface area (Å²) in [6.45, 7) is 0. The van der Waals surface area contributed by atoms with E-state index in [0.29, 0.717) is 22.9 Å². The van der Waals surface area contributed by atoms with Gasteiger partial charge in [0.05, 0.1) is 21.3 Å². The molecular formula is C15H15N3O3. The monoisotopic (exact) mass is 285 g/mol. The van der Waals surface area contributed by atoms with Gasteiger partial charge in [-0.15, -0.1) is 0 Å². The van der Waals surface area contributed by atoms with E-state index in [-0.39, 0.29) is 0 Å². The van der Waals surface area contributed by atoms with E-state index in [1.807, 2.05) is 18.2 Å². The average molecular weight is 285 g/mol. The fourth-order valence-corrected chi connectivity index (χ4v) is 2.15. The molecule has 108 valence electrons. The Kier molecular flexibility index (Phi) is 4.53. The van der Waals surface area contributed by atoms with Crippen LogP contribution in [0.5, 0.6) is 17.2 Å². The quantitative estimate of drug-likeness (QED) is 0.466. The fraction of sp³-hybridized carbons (Fsp3) is 0.200. The highest BCUT2D eigenvalue weighted by Crippen LogP contribution is 2.46.